The first-order chi connectivity index (χ1) is 11.8. The highest BCUT2D eigenvalue weighted by Gasteiger charge is 2.49. The molecule has 26 heavy (non-hydrogen) atoms. The van der Waals surface area contributed by atoms with Gasteiger partial charge in [0, 0.05) is 18.8 Å². The number of amides is 2. The molecule has 2 fully saturated rings. The Kier molecular flexibility index (Phi) is 6.35. The van der Waals surface area contributed by atoms with Crippen molar-refractivity contribution < 1.29 is 9.59 Å². The van der Waals surface area contributed by atoms with E-state index in [1.807, 2.05) is 32.9 Å². The van der Waals surface area contributed by atoms with E-state index in [1.165, 1.54) is 5.56 Å². The van der Waals surface area contributed by atoms with E-state index < -0.39 is 0 Å². The highest BCUT2D eigenvalue weighted by atomic mass is 35.5. The number of benzene rings is 1. The van der Waals surface area contributed by atoms with Crippen molar-refractivity contribution in [1.29, 1.82) is 0 Å². The number of carbonyl (C=O) groups excluding carboxylic acids is 2. The Morgan fingerprint density at radius 3 is 2.27 bits per heavy atom. The number of hydrogen-bond acceptors (Lipinski definition) is 3. The van der Waals surface area contributed by atoms with Crippen molar-refractivity contribution in [2.45, 2.75) is 46.1 Å². The van der Waals surface area contributed by atoms with Gasteiger partial charge >= 0.3 is 0 Å². The van der Waals surface area contributed by atoms with Crippen LogP contribution in [0.5, 0.6) is 0 Å². The molecule has 2 amide bonds. The van der Waals surface area contributed by atoms with Gasteiger partial charge in [-0.25, -0.2) is 0 Å². The quantitative estimate of drug-likeness (QED) is 0.844. The summed E-state index contributed by atoms with van der Waals surface area (Å²) in [4.78, 5) is 26.8. The Hall–Kier alpha value is -1.59. The minimum atomic E-state index is -0.164. The van der Waals surface area contributed by atoms with Crippen LogP contribution in [0.15, 0.2) is 12.1 Å². The molecule has 2 bridgehead atoms. The largest absolute Gasteiger partial charge is 0.336 e. The third-order valence-electron chi connectivity index (χ3n) is 5.96. The Balaban J connectivity index is 0.00000243. The second-order valence-electron chi connectivity index (χ2n) is 7.95. The molecule has 1 aromatic rings. The fourth-order valence-corrected chi connectivity index (χ4v) is 4.81. The van der Waals surface area contributed by atoms with Gasteiger partial charge in [0.05, 0.1) is 12.5 Å². The van der Waals surface area contributed by atoms with Gasteiger partial charge in [0.2, 0.25) is 11.8 Å². The first kappa shape index (κ1) is 20.7. The van der Waals surface area contributed by atoms with Gasteiger partial charge in [-0.15, -0.1) is 12.4 Å². The number of nitrogens with one attached hydrogen (secondary N) is 1. The van der Waals surface area contributed by atoms with Crippen molar-refractivity contribution in [3.8, 4) is 0 Å². The molecular weight excluding hydrogens is 350 g/mol. The topological polar surface area (TPSA) is 75.4 Å². The van der Waals surface area contributed by atoms with Crippen LogP contribution in [0.3, 0.4) is 0 Å². The number of rotatable bonds is 4. The summed E-state index contributed by atoms with van der Waals surface area (Å²) in [6.07, 6.45) is 3.31. The second-order valence-corrected chi connectivity index (χ2v) is 7.95. The highest BCUT2D eigenvalue weighted by Crippen LogP contribution is 2.48. The number of hydrogen-bond donors (Lipinski definition) is 2. The molecule has 0 saturated heterocycles. The molecule has 4 atom stereocenters. The maximum Gasteiger partial charge on any atom is 0.243 e. The molecule has 0 spiro atoms. The Morgan fingerprint density at radius 1 is 1.15 bits per heavy atom. The third kappa shape index (κ3) is 3.89. The van der Waals surface area contributed by atoms with Gasteiger partial charge in [0.15, 0.2) is 0 Å². The summed E-state index contributed by atoms with van der Waals surface area (Å²) in [5.74, 6) is 0.632. The summed E-state index contributed by atoms with van der Waals surface area (Å²) in [6, 6.07) is 4.05. The van der Waals surface area contributed by atoms with E-state index >= 15 is 0 Å². The standard InChI is InChI=1S/C20H29N3O2.ClH/c1-11-7-12(2)19(13(3)8-11)22-16(24)10-23(4)20(25)17-14-5-6-15(9-14)18(17)21;/h7-8,14-15,17-18H,5-6,9-10,21H2,1-4H3,(H,22,24);1H. The van der Waals surface area contributed by atoms with Crippen molar-refractivity contribution in [3.05, 3.63) is 28.8 Å². The molecule has 0 radical (unpaired) electrons. The van der Waals surface area contributed by atoms with Gasteiger partial charge in [-0.3, -0.25) is 9.59 Å². The summed E-state index contributed by atoms with van der Waals surface area (Å²) in [7, 11) is 1.70. The van der Waals surface area contributed by atoms with E-state index in [1.54, 1.807) is 11.9 Å². The lowest BCUT2D eigenvalue weighted by atomic mass is 9.84. The van der Waals surface area contributed by atoms with Crippen molar-refractivity contribution in [2.24, 2.45) is 23.5 Å². The Labute approximate surface area is 162 Å². The summed E-state index contributed by atoms with van der Waals surface area (Å²) in [5, 5.41) is 2.96. The summed E-state index contributed by atoms with van der Waals surface area (Å²) >= 11 is 0. The van der Waals surface area contributed by atoms with Crippen LogP contribution in [0.2, 0.25) is 0 Å². The lowest BCUT2D eigenvalue weighted by Crippen LogP contribution is -2.47. The number of likely N-dealkylation sites (N-methyl/N-ethyl adjacent to an activating group) is 1. The van der Waals surface area contributed by atoms with Crippen LogP contribution < -0.4 is 11.1 Å². The SMILES string of the molecule is Cc1cc(C)c(NC(=O)CN(C)C(=O)C2C3CCC(C3)C2N)c(C)c1.Cl. The number of anilines is 1. The van der Waals surface area contributed by atoms with Crippen LogP contribution in [0.4, 0.5) is 5.69 Å². The predicted molar refractivity (Wildman–Crippen MR) is 106 cm³/mol. The number of fused-ring (bicyclic) bond motifs is 2. The van der Waals surface area contributed by atoms with Crippen molar-refractivity contribution in [1.82, 2.24) is 4.90 Å². The van der Waals surface area contributed by atoms with Gasteiger partial charge in [0.25, 0.3) is 0 Å². The molecule has 2 saturated carbocycles. The molecule has 0 aromatic heterocycles. The number of carbonyl (C=O) groups is 2. The molecule has 3 N–H and O–H groups in total. The van der Waals surface area contributed by atoms with Crippen LogP contribution in [-0.2, 0) is 9.59 Å². The van der Waals surface area contributed by atoms with E-state index in [-0.39, 0.29) is 42.7 Å². The maximum absolute atomic E-state index is 12.8. The van der Waals surface area contributed by atoms with Gasteiger partial charge < -0.3 is 16.0 Å². The molecule has 1 aromatic carbocycles. The van der Waals surface area contributed by atoms with Crippen LogP contribution in [0.1, 0.15) is 36.0 Å². The first-order valence-corrected chi connectivity index (χ1v) is 9.16. The smallest absolute Gasteiger partial charge is 0.243 e. The van der Waals surface area contributed by atoms with Crippen LogP contribution in [0.25, 0.3) is 0 Å². The van der Waals surface area contributed by atoms with Crippen LogP contribution >= 0.6 is 12.4 Å². The number of nitrogens with two attached hydrogens (primary N) is 1. The fourth-order valence-electron chi connectivity index (χ4n) is 4.81. The molecule has 5 nitrogen and oxygen atoms in total. The van der Waals surface area contributed by atoms with Gasteiger partial charge in [-0.05, 0) is 63.0 Å². The average Bonchev–Trinajstić information content (AvgIpc) is 3.11. The minimum Gasteiger partial charge on any atom is -0.336 e. The van der Waals surface area contributed by atoms with Crippen LogP contribution in [0, 0.1) is 38.5 Å². The summed E-state index contributed by atoms with van der Waals surface area (Å²) in [6.45, 7) is 6.07. The fraction of sp³-hybridized carbons (Fsp3) is 0.600. The lowest BCUT2D eigenvalue weighted by molar-refractivity contribution is -0.138. The molecule has 0 heterocycles. The molecule has 4 unspecified atom stereocenters. The zero-order valence-electron chi connectivity index (χ0n) is 16.0. The lowest BCUT2D eigenvalue weighted by Gasteiger charge is -2.30. The van der Waals surface area contributed by atoms with Gasteiger partial charge in [-0.2, -0.15) is 0 Å². The Bertz CT molecular complexity index is 681. The van der Waals surface area contributed by atoms with Gasteiger partial charge in [-0.1, -0.05) is 17.7 Å². The van der Waals surface area contributed by atoms with Gasteiger partial charge in [0.1, 0.15) is 0 Å². The van der Waals surface area contributed by atoms with E-state index in [0.29, 0.717) is 11.8 Å². The zero-order valence-corrected chi connectivity index (χ0v) is 16.9. The van der Waals surface area contributed by atoms with Crippen molar-refractivity contribution in [2.75, 3.05) is 18.9 Å². The van der Waals surface area contributed by atoms with Crippen molar-refractivity contribution in [3.63, 3.8) is 0 Å². The molecule has 144 valence electrons. The van der Waals surface area contributed by atoms with E-state index in [2.05, 4.69) is 5.32 Å². The summed E-state index contributed by atoms with van der Waals surface area (Å²) < 4.78 is 0. The number of halogens is 1. The summed E-state index contributed by atoms with van der Waals surface area (Å²) in [5.41, 5.74) is 10.3. The normalized spacial score (nSPS) is 26.3. The molecule has 2 aliphatic rings. The molecule has 3 rings (SSSR count). The second kappa shape index (κ2) is 7.97. The maximum atomic E-state index is 12.8. The molecule has 2 aliphatic carbocycles. The highest BCUT2D eigenvalue weighted by molar-refractivity contribution is 5.96. The molecule has 0 aliphatic heterocycles. The first-order valence-electron chi connectivity index (χ1n) is 9.16. The van der Waals surface area contributed by atoms with E-state index in [4.69, 9.17) is 5.73 Å². The Morgan fingerprint density at radius 2 is 1.73 bits per heavy atom. The average molecular weight is 380 g/mol. The monoisotopic (exact) mass is 379 g/mol. The van der Waals surface area contributed by atoms with Crippen LogP contribution in [-0.4, -0.2) is 36.3 Å². The minimum absolute atomic E-state index is 0. The van der Waals surface area contributed by atoms with Crippen molar-refractivity contribution >= 4 is 29.9 Å². The predicted octanol–water partition coefficient (Wildman–Crippen LogP) is 2.80. The third-order valence-corrected chi connectivity index (χ3v) is 5.96. The molecule has 6 heteroatoms. The zero-order chi connectivity index (χ0) is 18.3. The molecular formula is C20H30ClN3O2. The van der Waals surface area contributed by atoms with E-state index in [0.717, 1.165) is 36.1 Å². The number of nitrogens with zero attached hydrogens (tertiary/aromatic N) is 1. The van der Waals surface area contributed by atoms with E-state index in [9.17, 15) is 9.59 Å². The number of aryl methyl sites for hydroxylation is 3.